The van der Waals surface area contributed by atoms with Crippen LogP contribution in [0.4, 0.5) is 11.5 Å². The van der Waals surface area contributed by atoms with E-state index in [1.165, 1.54) is 0 Å². The van der Waals surface area contributed by atoms with Gasteiger partial charge in [0.05, 0.1) is 29.6 Å². The van der Waals surface area contributed by atoms with Gasteiger partial charge in [-0.3, -0.25) is 4.79 Å². The predicted octanol–water partition coefficient (Wildman–Crippen LogP) is 4.25. The lowest BCUT2D eigenvalue weighted by atomic mass is 9.98. The highest BCUT2D eigenvalue weighted by Gasteiger charge is 2.24. The van der Waals surface area contributed by atoms with Crippen LogP contribution in [0.3, 0.4) is 0 Å². The van der Waals surface area contributed by atoms with Crippen molar-refractivity contribution in [2.24, 2.45) is 0 Å². The lowest BCUT2D eigenvalue weighted by Gasteiger charge is -2.22. The van der Waals surface area contributed by atoms with Gasteiger partial charge in [0.15, 0.2) is 0 Å². The Labute approximate surface area is 206 Å². The van der Waals surface area contributed by atoms with Crippen molar-refractivity contribution < 1.29 is 9.53 Å². The summed E-state index contributed by atoms with van der Waals surface area (Å²) in [5, 5.41) is 15.4. The molecule has 1 aromatic heterocycles. The van der Waals surface area contributed by atoms with Crippen LogP contribution in [0.25, 0.3) is 0 Å². The maximum atomic E-state index is 13.3. The van der Waals surface area contributed by atoms with Crippen molar-refractivity contribution in [3.63, 3.8) is 0 Å². The summed E-state index contributed by atoms with van der Waals surface area (Å²) >= 11 is 0. The molecule has 0 unspecified atom stereocenters. The third-order valence-corrected chi connectivity index (χ3v) is 6.47. The number of rotatable bonds is 9. The van der Waals surface area contributed by atoms with Crippen LogP contribution in [-0.4, -0.2) is 43.7 Å². The first-order valence-corrected chi connectivity index (χ1v) is 11.9. The van der Waals surface area contributed by atoms with E-state index in [4.69, 9.17) is 10.00 Å². The Balaban J connectivity index is 1.42. The summed E-state index contributed by atoms with van der Waals surface area (Å²) in [5.74, 6) is 0.517. The lowest BCUT2D eigenvalue weighted by molar-refractivity contribution is -0.118. The number of pyridine rings is 1. The fourth-order valence-corrected chi connectivity index (χ4v) is 4.31. The third-order valence-electron chi connectivity index (χ3n) is 6.47. The summed E-state index contributed by atoms with van der Waals surface area (Å²) in [6.45, 7) is 4.48. The van der Waals surface area contributed by atoms with Gasteiger partial charge in [0.1, 0.15) is 11.9 Å². The maximum Gasteiger partial charge on any atom is 0.247 e. The Morgan fingerprint density at radius 3 is 2.54 bits per heavy atom. The molecule has 4 rings (SSSR count). The Hall–Kier alpha value is -3.73. The number of carbonyl (C=O) groups is 1. The van der Waals surface area contributed by atoms with Gasteiger partial charge in [-0.2, -0.15) is 5.26 Å². The lowest BCUT2D eigenvalue weighted by Crippen LogP contribution is -2.35. The molecule has 7 heteroatoms. The average Bonchev–Trinajstić information content (AvgIpc) is 3.39. The molecule has 1 amide bonds. The first-order valence-electron chi connectivity index (χ1n) is 11.9. The highest BCUT2D eigenvalue weighted by atomic mass is 16.5. The van der Waals surface area contributed by atoms with Gasteiger partial charge in [-0.1, -0.05) is 49.4 Å². The number of amides is 1. The van der Waals surface area contributed by atoms with Crippen molar-refractivity contribution in [2.75, 3.05) is 37.0 Å². The average molecular weight is 470 g/mol. The number of hydrogen-bond acceptors (Lipinski definition) is 6. The fourth-order valence-electron chi connectivity index (χ4n) is 4.31. The molecule has 1 saturated heterocycles. The van der Waals surface area contributed by atoms with Gasteiger partial charge in [-0.25, -0.2) is 4.98 Å². The molecular formula is C28H31N5O2. The number of benzene rings is 2. The molecule has 3 aromatic rings. The van der Waals surface area contributed by atoms with Crippen LogP contribution in [0.5, 0.6) is 0 Å². The molecular weight excluding hydrogens is 438 g/mol. The van der Waals surface area contributed by atoms with Crippen molar-refractivity contribution in [3.05, 3.63) is 89.6 Å². The van der Waals surface area contributed by atoms with Gasteiger partial charge < -0.3 is 20.3 Å². The second-order valence-electron chi connectivity index (χ2n) is 8.87. The number of ether oxygens (including phenoxy) is 1. The van der Waals surface area contributed by atoms with Gasteiger partial charge in [0, 0.05) is 26.7 Å². The molecule has 0 bridgehead atoms. The van der Waals surface area contributed by atoms with E-state index in [1.807, 2.05) is 66.7 Å². The maximum absolute atomic E-state index is 13.3. The van der Waals surface area contributed by atoms with Gasteiger partial charge >= 0.3 is 0 Å². The van der Waals surface area contributed by atoms with Gasteiger partial charge in [-0.15, -0.1) is 0 Å². The molecule has 0 aliphatic carbocycles. The number of aromatic nitrogens is 1. The molecule has 1 aliphatic heterocycles. The Morgan fingerprint density at radius 2 is 1.91 bits per heavy atom. The molecule has 7 nitrogen and oxygen atoms in total. The number of anilines is 2. The van der Waals surface area contributed by atoms with Crippen molar-refractivity contribution in [2.45, 2.75) is 31.4 Å². The summed E-state index contributed by atoms with van der Waals surface area (Å²) in [7, 11) is 1.74. The van der Waals surface area contributed by atoms with Crippen molar-refractivity contribution >= 4 is 17.4 Å². The Kier molecular flexibility index (Phi) is 8.09. The van der Waals surface area contributed by atoms with Crippen LogP contribution in [0.15, 0.2) is 72.9 Å². The minimum atomic E-state index is -0.528. The Bertz CT molecular complexity index is 1140. The number of hydrogen-bond donors (Lipinski definition) is 2. The highest BCUT2D eigenvalue weighted by molar-refractivity contribution is 5.94. The second-order valence-corrected chi connectivity index (χ2v) is 8.87. The predicted molar refractivity (Wildman–Crippen MR) is 137 cm³/mol. The number of carbonyl (C=O) groups excluding carboxylic acids is 1. The molecule has 2 N–H and O–H groups in total. The van der Waals surface area contributed by atoms with Crippen molar-refractivity contribution in [1.29, 1.82) is 5.26 Å². The first kappa shape index (κ1) is 24.4. The molecule has 180 valence electrons. The number of nitrogens with zero attached hydrogens (tertiary/aromatic N) is 3. The van der Waals surface area contributed by atoms with E-state index < -0.39 is 6.04 Å². The standard InChI is InChI=1S/C28H31N5O2/c1-20(22-10-8-21(16-29)9-11-22)17-31-27(23-6-4-3-5-7-23)28(34)32-26-13-12-24(18-30-26)33-15-14-25(19-33)35-2/h3-13,18,20,25,27,31H,14-15,17,19H2,1-2H3,(H,30,32,34)/t20-,25-,27-/m0/s1. The summed E-state index contributed by atoms with van der Waals surface area (Å²) in [6, 6.07) is 22.7. The molecule has 1 aliphatic rings. The normalized spacial score (nSPS) is 16.9. The highest BCUT2D eigenvalue weighted by Crippen LogP contribution is 2.23. The first-order chi connectivity index (χ1) is 17.1. The second kappa shape index (κ2) is 11.6. The van der Waals surface area contributed by atoms with E-state index in [1.54, 1.807) is 13.3 Å². The quantitative estimate of drug-likeness (QED) is 0.487. The third kappa shape index (κ3) is 6.24. The summed E-state index contributed by atoms with van der Waals surface area (Å²) in [5.41, 5.74) is 3.66. The molecule has 35 heavy (non-hydrogen) atoms. The van der Waals surface area contributed by atoms with Gasteiger partial charge in [-0.05, 0) is 47.7 Å². The van der Waals surface area contributed by atoms with E-state index in [-0.39, 0.29) is 17.9 Å². The summed E-state index contributed by atoms with van der Waals surface area (Å²) in [4.78, 5) is 20.0. The minimum absolute atomic E-state index is 0.163. The van der Waals surface area contributed by atoms with Crippen LogP contribution in [-0.2, 0) is 9.53 Å². The zero-order valence-electron chi connectivity index (χ0n) is 20.1. The van der Waals surface area contributed by atoms with E-state index >= 15 is 0 Å². The van der Waals surface area contributed by atoms with E-state index in [2.05, 4.69) is 33.5 Å². The molecule has 3 atom stereocenters. The molecule has 0 saturated carbocycles. The molecule has 2 heterocycles. The van der Waals surface area contributed by atoms with E-state index in [0.29, 0.717) is 17.9 Å². The number of nitriles is 1. The zero-order valence-corrected chi connectivity index (χ0v) is 20.1. The van der Waals surface area contributed by atoms with Crippen molar-refractivity contribution in [1.82, 2.24) is 10.3 Å². The van der Waals surface area contributed by atoms with Crippen LogP contribution in [0.1, 0.15) is 42.0 Å². The van der Waals surface area contributed by atoms with Crippen molar-refractivity contribution in [3.8, 4) is 6.07 Å². The van der Waals surface area contributed by atoms with Crippen LogP contribution >= 0.6 is 0 Å². The SMILES string of the molecule is CO[C@H]1CCN(c2ccc(NC(=O)[C@@H](NC[C@H](C)c3ccc(C#N)cc3)c3ccccc3)nc2)C1. The zero-order chi connectivity index (χ0) is 24.6. The molecule has 0 spiro atoms. The van der Waals surface area contributed by atoms with Gasteiger partial charge in [0.25, 0.3) is 0 Å². The summed E-state index contributed by atoms with van der Waals surface area (Å²) in [6.07, 6.45) is 3.05. The molecule has 2 aromatic carbocycles. The van der Waals surface area contributed by atoms with E-state index in [0.717, 1.165) is 36.3 Å². The minimum Gasteiger partial charge on any atom is -0.380 e. The summed E-state index contributed by atoms with van der Waals surface area (Å²) < 4.78 is 5.45. The monoisotopic (exact) mass is 469 g/mol. The Morgan fingerprint density at radius 1 is 1.14 bits per heavy atom. The van der Waals surface area contributed by atoms with E-state index in [9.17, 15) is 4.79 Å². The van der Waals surface area contributed by atoms with Gasteiger partial charge in [0.2, 0.25) is 5.91 Å². The fraction of sp³-hybridized carbons (Fsp3) is 0.321. The number of nitrogens with one attached hydrogen (secondary N) is 2. The van der Waals surface area contributed by atoms with Crippen LogP contribution < -0.4 is 15.5 Å². The van der Waals surface area contributed by atoms with Crippen LogP contribution in [0, 0.1) is 11.3 Å². The van der Waals surface area contributed by atoms with Crippen LogP contribution in [0.2, 0.25) is 0 Å². The molecule has 1 fully saturated rings. The molecule has 0 radical (unpaired) electrons. The largest absolute Gasteiger partial charge is 0.380 e. The number of methoxy groups -OCH3 is 1. The topological polar surface area (TPSA) is 90.3 Å². The smallest absolute Gasteiger partial charge is 0.247 e.